The van der Waals surface area contributed by atoms with Crippen molar-refractivity contribution in [3.05, 3.63) is 81.5 Å². The highest BCUT2D eigenvalue weighted by Crippen LogP contribution is 2.16. The van der Waals surface area contributed by atoms with Gasteiger partial charge in [0.2, 0.25) is 5.95 Å². The number of para-hydroxylation sites is 3. The highest BCUT2D eigenvalue weighted by atomic mass is 32.1. The van der Waals surface area contributed by atoms with Crippen molar-refractivity contribution in [1.82, 2.24) is 19.1 Å². The predicted molar refractivity (Wildman–Crippen MR) is 96.6 cm³/mol. The number of fused-ring (bicyclic) bond motifs is 1. The molecule has 0 bridgehead atoms. The molecule has 0 saturated heterocycles. The first-order valence-electron chi connectivity index (χ1n) is 7.51. The van der Waals surface area contributed by atoms with Crippen molar-refractivity contribution < 1.29 is 0 Å². The van der Waals surface area contributed by atoms with Gasteiger partial charge in [-0.25, -0.2) is 4.98 Å². The van der Waals surface area contributed by atoms with Gasteiger partial charge in [-0.3, -0.25) is 13.9 Å². The fourth-order valence-electron chi connectivity index (χ4n) is 2.77. The summed E-state index contributed by atoms with van der Waals surface area (Å²) in [5.41, 5.74) is 3.09. The maximum atomic E-state index is 12.5. The van der Waals surface area contributed by atoms with Gasteiger partial charge in [0, 0.05) is 11.8 Å². The molecule has 2 heterocycles. The molecule has 6 heteroatoms. The highest BCUT2D eigenvalue weighted by Gasteiger charge is 2.12. The number of hydrogen-bond donors (Lipinski definition) is 1. The first kappa shape index (κ1) is 14.6. The molecule has 0 radical (unpaired) electrons. The van der Waals surface area contributed by atoms with E-state index < -0.39 is 0 Å². The van der Waals surface area contributed by atoms with Crippen LogP contribution in [-0.4, -0.2) is 19.1 Å². The molecule has 4 aromatic rings. The Balaban J connectivity index is 2.03. The van der Waals surface area contributed by atoms with Crippen LogP contribution in [0.5, 0.6) is 0 Å². The fraction of sp³-hybridized carbons (Fsp3) is 0.0556. The zero-order valence-corrected chi connectivity index (χ0v) is 13.7. The number of rotatable bonds is 2. The third-order valence-corrected chi connectivity index (χ3v) is 4.26. The van der Waals surface area contributed by atoms with Crippen molar-refractivity contribution in [2.24, 2.45) is 0 Å². The Morgan fingerprint density at radius 3 is 2.46 bits per heavy atom. The minimum Gasteiger partial charge on any atom is -0.323 e. The molecule has 2 aromatic heterocycles. The number of nitrogens with one attached hydrogen (secondary N) is 1. The van der Waals surface area contributed by atoms with E-state index in [4.69, 9.17) is 12.2 Å². The normalized spacial score (nSPS) is 11.0. The van der Waals surface area contributed by atoms with Crippen molar-refractivity contribution in [2.75, 3.05) is 0 Å². The maximum absolute atomic E-state index is 12.5. The molecular weight excluding hydrogens is 320 g/mol. The van der Waals surface area contributed by atoms with Crippen LogP contribution in [0.3, 0.4) is 0 Å². The van der Waals surface area contributed by atoms with Crippen LogP contribution < -0.4 is 5.56 Å². The first-order valence-corrected chi connectivity index (χ1v) is 7.92. The van der Waals surface area contributed by atoms with E-state index in [0.29, 0.717) is 10.7 Å². The van der Waals surface area contributed by atoms with Gasteiger partial charge in [-0.05, 0) is 43.4 Å². The van der Waals surface area contributed by atoms with Crippen molar-refractivity contribution >= 4 is 23.3 Å². The lowest BCUT2D eigenvalue weighted by Crippen LogP contribution is -2.24. The van der Waals surface area contributed by atoms with E-state index in [9.17, 15) is 4.79 Å². The molecule has 2 aromatic carbocycles. The summed E-state index contributed by atoms with van der Waals surface area (Å²) in [5.74, 6) is 0.600. The zero-order valence-electron chi connectivity index (χ0n) is 12.9. The number of imidazole rings is 1. The molecule has 4 rings (SSSR count). The maximum Gasteiger partial charge on any atom is 0.259 e. The van der Waals surface area contributed by atoms with E-state index in [2.05, 4.69) is 9.97 Å². The van der Waals surface area contributed by atoms with Crippen LogP contribution in [0.2, 0.25) is 0 Å². The van der Waals surface area contributed by atoms with Gasteiger partial charge in [0.15, 0.2) is 4.77 Å². The monoisotopic (exact) mass is 334 g/mol. The van der Waals surface area contributed by atoms with Gasteiger partial charge < -0.3 is 4.98 Å². The van der Waals surface area contributed by atoms with Crippen LogP contribution in [0.4, 0.5) is 0 Å². The van der Waals surface area contributed by atoms with E-state index in [1.807, 2.05) is 61.5 Å². The number of aryl methyl sites for hydroxylation is 1. The summed E-state index contributed by atoms with van der Waals surface area (Å²) in [6.45, 7) is 1.85. The summed E-state index contributed by atoms with van der Waals surface area (Å²) in [6.07, 6.45) is 0. The van der Waals surface area contributed by atoms with Crippen LogP contribution in [0.1, 0.15) is 5.69 Å². The lowest BCUT2D eigenvalue weighted by Gasteiger charge is -2.13. The second-order valence-corrected chi connectivity index (χ2v) is 5.86. The van der Waals surface area contributed by atoms with Gasteiger partial charge in [-0.1, -0.05) is 30.3 Å². The Morgan fingerprint density at radius 1 is 1.00 bits per heavy atom. The van der Waals surface area contributed by atoms with Crippen LogP contribution in [0.25, 0.3) is 22.7 Å². The van der Waals surface area contributed by atoms with Crippen molar-refractivity contribution in [3.8, 4) is 11.6 Å². The van der Waals surface area contributed by atoms with Gasteiger partial charge in [-0.15, -0.1) is 0 Å². The number of nitrogens with zero attached hydrogens (tertiary/aromatic N) is 3. The molecule has 0 amide bonds. The van der Waals surface area contributed by atoms with Crippen molar-refractivity contribution in [1.29, 1.82) is 0 Å². The van der Waals surface area contributed by atoms with Gasteiger partial charge in [0.05, 0.1) is 16.7 Å². The smallest absolute Gasteiger partial charge is 0.259 e. The SMILES string of the molecule is Cc1cc(=O)n(-c2ccccc2)c(=S)n1-c1nc2ccccc2[nH]1. The molecule has 0 saturated carbocycles. The Morgan fingerprint density at radius 2 is 1.71 bits per heavy atom. The quantitative estimate of drug-likeness (QED) is 0.571. The second-order valence-electron chi connectivity index (χ2n) is 5.49. The average molecular weight is 334 g/mol. The van der Waals surface area contributed by atoms with Crippen molar-refractivity contribution in [2.45, 2.75) is 6.92 Å². The van der Waals surface area contributed by atoms with E-state index in [1.54, 1.807) is 10.6 Å². The lowest BCUT2D eigenvalue weighted by molar-refractivity contribution is 0.787. The molecule has 5 nitrogen and oxygen atoms in total. The van der Waals surface area contributed by atoms with Crippen LogP contribution in [0.15, 0.2) is 65.5 Å². The highest BCUT2D eigenvalue weighted by molar-refractivity contribution is 7.71. The largest absolute Gasteiger partial charge is 0.323 e. The lowest BCUT2D eigenvalue weighted by atomic mass is 10.3. The summed E-state index contributed by atoms with van der Waals surface area (Å²) in [4.78, 5) is 20.3. The standard InChI is InChI=1S/C18H14N4OS/c1-12-11-16(23)22(13-7-3-2-4-8-13)18(24)21(12)17-19-14-9-5-6-10-15(14)20-17/h2-11H,1H3,(H,19,20). The number of aromatic amines is 1. The van der Waals surface area contributed by atoms with Gasteiger partial charge >= 0.3 is 0 Å². The molecular formula is C18H14N4OS. The number of aromatic nitrogens is 4. The summed E-state index contributed by atoms with van der Waals surface area (Å²) in [5, 5.41) is 0. The van der Waals surface area contributed by atoms with Gasteiger partial charge in [0.1, 0.15) is 0 Å². The number of benzene rings is 2. The third kappa shape index (κ3) is 2.28. The average Bonchev–Trinajstić information content (AvgIpc) is 2.98. The molecule has 0 fully saturated rings. The second kappa shape index (κ2) is 5.58. The third-order valence-electron chi connectivity index (χ3n) is 3.89. The Bertz CT molecular complexity index is 1120. The molecule has 0 atom stereocenters. The summed E-state index contributed by atoms with van der Waals surface area (Å²) < 4.78 is 3.67. The summed E-state index contributed by atoms with van der Waals surface area (Å²) in [7, 11) is 0. The van der Waals surface area contributed by atoms with Crippen LogP contribution in [0, 0.1) is 11.7 Å². The molecule has 0 aliphatic rings. The summed E-state index contributed by atoms with van der Waals surface area (Å²) >= 11 is 5.60. The Kier molecular flexibility index (Phi) is 3.39. The molecule has 1 N–H and O–H groups in total. The van der Waals surface area contributed by atoms with Crippen LogP contribution in [-0.2, 0) is 0 Å². The molecule has 0 unspecified atom stereocenters. The summed E-state index contributed by atoms with van der Waals surface area (Å²) in [6, 6.07) is 18.7. The molecule has 0 spiro atoms. The van der Waals surface area contributed by atoms with E-state index in [0.717, 1.165) is 22.4 Å². The van der Waals surface area contributed by atoms with Crippen molar-refractivity contribution in [3.63, 3.8) is 0 Å². The van der Waals surface area contributed by atoms with E-state index >= 15 is 0 Å². The van der Waals surface area contributed by atoms with Gasteiger partial charge in [0.25, 0.3) is 5.56 Å². The zero-order chi connectivity index (χ0) is 16.7. The van der Waals surface area contributed by atoms with Gasteiger partial charge in [-0.2, -0.15) is 0 Å². The number of hydrogen-bond acceptors (Lipinski definition) is 3. The van der Waals surface area contributed by atoms with Crippen LogP contribution >= 0.6 is 12.2 Å². The van der Waals surface area contributed by atoms with E-state index in [1.165, 1.54) is 4.57 Å². The minimum absolute atomic E-state index is 0.156. The minimum atomic E-state index is -0.156. The Labute approximate surface area is 142 Å². The Hall–Kier alpha value is -2.99. The molecule has 0 aliphatic heterocycles. The fourth-order valence-corrected chi connectivity index (χ4v) is 3.20. The predicted octanol–water partition coefficient (Wildman–Crippen LogP) is 3.54. The topological polar surface area (TPSA) is 55.6 Å². The number of H-pyrrole nitrogens is 1. The molecule has 24 heavy (non-hydrogen) atoms. The molecule has 0 aliphatic carbocycles. The van der Waals surface area contributed by atoms with E-state index in [-0.39, 0.29) is 5.56 Å². The first-order chi connectivity index (χ1) is 11.6. The molecule has 118 valence electrons.